The molecule has 1 aliphatic rings. The first-order valence-electron chi connectivity index (χ1n) is 14.9. The molecular weight excluding hydrogens is 522 g/mol. The van der Waals surface area contributed by atoms with Crippen LogP contribution in [0.3, 0.4) is 0 Å². The Balaban J connectivity index is 1.44. The summed E-state index contributed by atoms with van der Waals surface area (Å²) in [5, 5.41) is 7.52. The molecule has 1 aliphatic heterocycles. The third-order valence-electron chi connectivity index (χ3n) is 9.40. The molecule has 0 saturated carbocycles. The Morgan fingerprint density at radius 2 is 1.19 bits per heavy atom. The van der Waals surface area contributed by atoms with E-state index in [4.69, 9.17) is 4.74 Å². The number of para-hydroxylation sites is 2. The van der Waals surface area contributed by atoms with E-state index in [0.717, 1.165) is 17.2 Å². The van der Waals surface area contributed by atoms with Gasteiger partial charge in [-0.15, -0.1) is 0 Å². The average molecular weight is 552 g/mol. The van der Waals surface area contributed by atoms with Crippen molar-refractivity contribution in [2.75, 3.05) is 0 Å². The lowest BCUT2D eigenvalue weighted by molar-refractivity contribution is 0.418. The Kier molecular flexibility index (Phi) is 4.99. The van der Waals surface area contributed by atoms with Gasteiger partial charge in [0.05, 0.1) is 11.0 Å². The normalized spacial score (nSPS) is 13.7. The summed E-state index contributed by atoms with van der Waals surface area (Å²) in [7, 11) is 0. The van der Waals surface area contributed by atoms with Gasteiger partial charge in [0.1, 0.15) is 11.5 Å². The van der Waals surface area contributed by atoms with Crippen molar-refractivity contribution in [3.05, 3.63) is 151 Å². The molecule has 0 atom stereocenters. The molecule has 0 saturated heterocycles. The lowest BCUT2D eigenvalue weighted by Crippen LogP contribution is -2.24. The zero-order valence-electron chi connectivity index (χ0n) is 24.1. The topological polar surface area (TPSA) is 14.2 Å². The summed E-state index contributed by atoms with van der Waals surface area (Å²) in [6.07, 6.45) is 0. The number of fused-ring (bicyclic) bond motifs is 9. The molecule has 0 radical (unpaired) electrons. The Bertz CT molecular complexity index is 2390. The van der Waals surface area contributed by atoms with Crippen molar-refractivity contribution in [2.24, 2.45) is 0 Å². The molecule has 43 heavy (non-hydrogen) atoms. The molecule has 2 heterocycles. The van der Waals surface area contributed by atoms with E-state index in [0.29, 0.717) is 0 Å². The molecule has 0 aliphatic carbocycles. The van der Waals surface area contributed by atoms with Crippen molar-refractivity contribution in [3.63, 3.8) is 0 Å². The first-order chi connectivity index (χ1) is 21.1. The van der Waals surface area contributed by atoms with Gasteiger partial charge in [-0.05, 0) is 58.3 Å². The number of rotatable bonds is 2. The molecule has 9 rings (SSSR count). The van der Waals surface area contributed by atoms with Crippen molar-refractivity contribution >= 4 is 43.4 Å². The van der Waals surface area contributed by atoms with Crippen LogP contribution in [0.15, 0.2) is 140 Å². The van der Waals surface area contributed by atoms with Gasteiger partial charge < -0.3 is 9.30 Å². The van der Waals surface area contributed by atoms with Gasteiger partial charge in [0.2, 0.25) is 0 Å². The Labute approximate surface area is 250 Å². The van der Waals surface area contributed by atoms with Crippen LogP contribution in [0.4, 0.5) is 0 Å². The van der Waals surface area contributed by atoms with Crippen LogP contribution < -0.4 is 4.74 Å². The summed E-state index contributed by atoms with van der Waals surface area (Å²) in [5.41, 5.74) is 8.32. The van der Waals surface area contributed by atoms with Gasteiger partial charge in [-0.3, -0.25) is 0 Å². The van der Waals surface area contributed by atoms with Crippen molar-refractivity contribution in [2.45, 2.75) is 19.3 Å². The van der Waals surface area contributed by atoms with Crippen molar-refractivity contribution in [1.82, 2.24) is 4.57 Å². The first kappa shape index (κ1) is 24.3. The summed E-state index contributed by atoms with van der Waals surface area (Å²) >= 11 is 0. The highest BCUT2D eigenvalue weighted by Gasteiger charge is 2.34. The maximum Gasteiger partial charge on any atom is 0.131 e. The number of ether oxygens (including phenoxy) is 1. The molecular formula is C41H29NO. The van der Waals surface area contributed by atoms with E-state index in [1.165, 1.54) is 65.6 Å². The standard InChI is InChI=1S/C41H29NO/c1-41(2)34-18-10-11-19-36(34)43-37-23-21-28(25-35(37)41)33-24-27-13-7-9-17-31(27)40-38(33)32-22-20-26-12-6-8-16-30(26)39(32)42(40)29-14-4-3-5-15-29/h3-25H,1-2H3. The summed E-state index contributed by atoms with van der Waals surface area (Å²) < 4.78 is 8.92. The molecule has 7 aromatic carbocycles. The molecule has 204 valence electrons. The minimum Gasteiger partial charge on any atom is -0.457 e. The van der Waals surface area contributed by atoms with E-state index < -0.39 is 0 Å². The van der Waals surface area contributed by atoms with Gasteiger partial charge in [0.15, 0.2) is 0 Å². The summed E-state index contributed by atoms with van der Waals surface area (Å²) in [5.74, 6) is 1.88. The Hall–Kier alpha value is -5.34. The zero-order valence-corrected chi connectivity index (χ0v) is 24.1. The molecule has 0 bridgehead atoms. The molecule has 0 fully saturated rings. The SMILES string of the molecule is CC1(C)c2ccccc2Oc2ccc(-c3cc4ccccc4c4c3c3ccc5ccccc5c3n4-c3ccccc3)cc21. The van der Waals surface area contributed by atoms with Crippen LogP contribution in [-0.2, 0) is 5.41 Å². The van der Waals surface area contributed by atoms with Gasteiger partial charge in [0.25, 0.3) is 0 Å². The van der Waals surface area contributed by atoms with Gasteiger partial charge in [-0.1, -0.05) is 117 Å². The fourth-order valence-electron chi connectivity index (χ4n) is 7.32. The van der Waals surface area contributed by atoms with Crippen LogP contribution in [0.25, 0.3) is 60.2 Å². The molecule has 0 amide bonds. The number of hydrogen-bond donors (Lipinski definition) is 0. The van der Waals surface area contributed by atoms with Crippen LogP contribution in [0.2, 0.25) is 0 Å². The van der Waals surface area contributed by atoms with Gasteiger partial charge >= 0.3 is 0 Å². The monoisotopic (exact) mass is 551 g/mol. The average Bonchev–Trinajstić information content (AvgIpc) is 3.41. The van der Waals surface area contributed by atoms with Crippen LogP contribution in [0, 0.1) is 0 Å². The van der Waals surface area contributed by atoms with Gasteiger partial charge in [-0.25, -0.2) is 0 Å². The number of hydrogen-bond acceptors (Lipinski definition) is 1. The largest absolute Gasteiger partial charge is 0.457 e. The third kappa shape index (κ3) is 3.41. The van der Waals surface area contributed by atoms with E-state index in [1.54, 1.807) is 0 Å². The second-order valence-electron chi connectivity index (χ2n) is 12.2. The second kappa shape index (κ2) is 8.83. The van der Waals surface area contributed by atoms with E-state index >= 15 is 0 Å². The fraction of sp³-hybridized carbons (Fsp3) is 0.0732. The molecule has 2 nitrogen and oxygen atoms in total. The lowest BCUT2D eigenvalue weighted by atomic mass is 9.75. The highest BCUT2D eigenvalue weighted by Crippen LogP contribution is 2.50. The van der Waals surface area contributed by atoms with Crippen LogP contribution in [0.1, 0.15) is 25.0 Å². The van der Waals surface area contributed by atoms with E-state index in [-0.39, 0.29) is 5.41 Å². The van der Waals surface area contributed by atoms with Crippen molar-refractivity contribution < 1.29 is 4.74 Å². The maximum atomic E-state index is 6.44. The predicted octanol–water partition coefficient (Wildman–Crippen LogP) is 11.2. The minimum atomic E-state index is -0.190. The van der Waals surface area contributed by atoms with Crippen LogP contribution in [-0.4, -0.2) is 4.57 Å². The van der Waals surface area contributed by atoms with Crippen molar-refractivity contribution in [1.29, 1.82) is 0 Å². The fourth-order valence-corrected chi connectivity index (χ4v) is 7.32. The maximum absolute atomic E-state index is 6.44. The Morgan fingerprint density at radius 3 is 2.02 bits per heavy atom. The lowest BCUT2D eigenvalue weighted by Gasteiger charge is -2.34. The van der Waals surface area contributed by atoms with Crippen LogP contribution >= 0.6 is 0 Å². The number of aromatic nitrogens is 1. The number of nitrogens with zero attached hydrogens (tertiary/aromatic N) is 1. The molecule has 0 N–H and O–H groups in total. The van der Waals surface area contributed by atoms with E-state index in [1.807, 2.05) is 6.07 Å². The molecule has 2 heteroatoms. The third-order valence-corrected chi connectivity index (χ3v) is 9.40. The minimum absolute atomic E-state index is 0.190. The van der Waals surface area contributed by atoms with Crippen LogP contribution in [0.5, 0.6) is 11.5 Å². The first-order valence-corrected chi connectivity index (χ1v) is 14.9. The summed E-state index contributed by atoms with van der Waals surface area (Å²) in [6, 6.07) is 50.5. The molecule has 0 spiro atoms. The smallest absolute Gasteiger partial charge is 0.131 e. The quantitative estimate of drug-likeness (QED) is 0.208. The molecule has 8 aromatic rings. The molecule has 1 aromatic heterocycles. The highest BCUT2D eigenvalue weighted by atomic mass is 16.5. The second-order valence-corrected chi connectivity index (χ2v) is 12.2. The van der Waals surface area contributed by atoms with Gasteiger partial charge in [-0.2, -0.15) is 0 Å². The predicted molar refractivity (Wildman–Crippen MR) is 180 cm³/mol. The van der Waals surface area contributed by atoms with Crippen molar-refractivity contribution in [3.8, 4) is 28.3 Å². The number of benzene rings is 7. The highest BCUT2D eigenvalue weighted by molar-refractivity contribution is 6.28. The van der Waals surface area contributed by atoms with Gasteiger partial charge in [0, 0.05) is 43.8 Å². The van der Waals surface area contributed by atoms with E-state index in [9.17, 15) is 0 Å². The Morgan fingerprint density at radius 1 is 0.512 bits per heavy atom. The van der Waals surface area contributed by atoms with E-state index in [2.05, 4.69) is 152 Å². The molecule has 0 unspecified atom stereocenters. The summed E-state index contributed by atoms with van der Waals surface area (Å²) in [4.78, 5) is 0. The zero-order chi connectivity index (χ0) is 28.7. The summed E-state index contributed by atoms with van der Waals surface area (Å²) in [6.45, 7) is 4.61.